The van der Waals surface area contributed by atoms with Crippen molar-refractivity contribution in [2.75, 3.05) is 6.54 Å². The van der Waals surface area contributed by atoms with Crippen LogP contribution in [-0.2, 0) is 0 Å². The fourth-order valence-electron chi connectivity index (χ4n) is 3.79. The van der Waals surface area contributed by atoms with E-state index in [1.54, 1.807) is 35.6 Å². The number of amides is 1. The van der Waals surface area contributed by atoms with Crippen molar-refractivity contribution in [2.45, 2.75) is 25.8 Å². The topological polar surface area (TPSA) is 103 Å². The minimum absolute atomic E-state index is 0.127. The summed E-state index contributed by atoms with van der Waals surface area (Å²) in [4.78, 5) is 25.4. The van der Waals surface area contributed by atoms with Crippen molar-refractivity contribution >= 4 is 17.5 Å². The highest BCUT2D eigenvalue weighted by atomic mass is 35.5. The van der Waals surface area contributed by atoms with Crippen molar-refractivity contribution < 1.29 is 9.32 Å². The fraction of sp³-hybridized carbons (Fsp3) is 0.238. The first-order valence-corrected chi connectivity index (χ1v) is 10.2. The van der Waals surface area contributed by atoms with Gasteiger partial charge in [-0.3, -0.25) is 4.79 Å². The maximum absolute atomic E-state index is 13.6. The van der Waals surface area contributed by atoms with E-state index >= 15 is 0 Å². The van der Waals surface area contributed by atoms with Gasteiger partial charge in [-0.25, -0.2) is 4.98 Å². The molecule has 3 aromatic heterocycles. The van der Waals surface area contributed by atoms with Gasteiger partial charge in [0.05, 0.1) is 29.2 Å². The van der Waals surface area contributed by atoms with E-state index in [9.17, 15) is 4.79 Å². The number of halogens is 1. The second-order valence-electron chi connectivity index (χ2n) is 7.29. The molecule has 0 saturated carbocycles. The van der Waals surface area contributed by atoms with Crippen LogP contribution in [0.4, 0.5) is 0 Å². The zero-order valence-electron chi connectivity index (χ0n) is 16.6. The molecule has 10 heteroatoms. The normalized spacial score (nSPS) is 16.1. The third-order valence-electron chi connectivity index (χ3n) is 5.26. The molecule has 1 amide bonds. The molecular formula is C21H18ClN7O2. The maximum Gasteiger partial charge on any atom is 0.256 e. The van der Waals surface area contributed by atoms with Gasteiger partial charge < -0.3 is 9.42 Å². The molecule has 1 saturated heterocycles. The average molecular weight is 436 g/mol. The Morgan fingerprint density at radius 2 is 2.03 bits per heavy atom. The van der Waals surface area contributed by atoms with Crippen LogP contribution in [0.1, 0.15) is 40.7 Å². The summed E-state index contributed by atoms with van der Waals surface area (Å²) in [6, 6.07) is 8.85. The number of carbonyl (C=O) groups is 1. The summed E-state index contributed by atoms with van der Waals surface area (Å²) < 4.78 is 5.53. The van der Waals surface area contributed by atoms with Gasteiger partial charge in [0.1, 0.15) is 11.2 Å². The third kappa shape index (κ3) is 3.57. The van der Waals surface area contributed by atoms with E-state index in [4.69, 9.17) is 16.1 Å². The van der Waals surface area contributed by atoms with Crippen molar-refractivity contribution in [3.05, 3.63) is 71.1 Å². The molecule has 0 spiro atoms. The van der Waals surface area contributed by atoms with Gasteiger partial charge in [0.15, 0.2) is 0 Å². The smallest absolute Gasteiger partial charge is 0.256 e. The zero-order valence-corrected chi connectivity index (χ0v) is 17.4. The molecule has 0 aliphatic carbocycles. The van der Waals surface area contributed by atoms with Crippen LogP contribution >= 0.6 is 11.6 Å². The second kappa shape index (κ2) is 7.92. The fourth-order valence-corrected chi connectivity index (χ4v) is 3.99. The standard InChI is InChI=1S/C21H18ClN7O2/c1-13-6-7-16(29-24-9-10-25-29)15(12-13)21(30)28-11-3-5-17(28)20-26-19(27-31-20)14-4-2-8-23-18(14)22/h2,4,6-10,12,17H,3,5,11H2,1H3. The van der Waals surface area contributed by atoms with Crippen LogP contribution in [0.25, 0.3) is 17.1 Å². The molecule has 0 N–H and O–H groups in total. The van der Waals surface area contributed by atoms with E-state index in [0.29, 0.717) is 40.2 Å². The molecule has 9 nitrogen and oxygen atoms in total. The Hall–Kier alpha value is -3.59. The van der Waals surface area contributed by atoms with E-state index < -0.39 is 0 Å². The number of rotatable bonds is 4. The van der Waals surface area contributed by atoms with Gasteiger partial charge in [-0.05, 0) is 44.0 Å². The van der Waals surface area contributed by atoms with Crippen LogP contribution in [0.15, 0.2) is 53.4 Å². The number of carbonyl (C=O) groups excluding carboxylic acids is 1. The van der Waals surface area contributed by atoms with Crippen LogP contribution in [0.2, 0.25) is 5.15 Å². The minimum atomic E-state index is -0.317. The highest BCUT2D eigenvalue weighted by Crippen LogP contribution is 2.34. The van der Waals surface area contributed by atoms with Gasteiger partial charge in [-0.2, -0.15) is 20.0 Å². The summed E-state index contributed by atoms with van der Waals surface area (Å²) in [7, 11) is 0. The van der Waals surface area contributed by atoms with Crippen molar-refractivity contribution in [2.24, 2.45) is 0 Å². The molecule has 1 unspecified atom stereocenters. The molecule has 31 heavy (non-hydrogen) atoms. The highest BCUT2D eigenvalue weighted by Gasteiger charge is 2.36. The van der Waals surface area contributed by atoms with Gasteiger partial charge in [-0.15, -0.1) is 0 Å². The molecule has 4 heterocycles. The van der Waals surface area contributed by atoms with Gasteiger partial charge in [0.2, 0.25) is 11.7 Å². The van der Waals surface area contributed by atoms with E-state index in [-0.39, 0.29) is 11.9 Å². The van der Waals surface area contributed by atoms with Crippen LogP contribution < -0.4 is 0 Å². The Morgan fingerprint density at radius 3 is 2.84 bits per heavy atom. The first-order valence-electron chi connectivity index (χ1n) is 9.84. The van der Waals surface area contributed by atoms with Crippen LogP contribution in [0.3, 0.4) is 0 Å². The van der Waals surface area contributed by atoms with E-state index in [1.807, 2.05) is 25.1 Å². The average Bonchev–Trinajstić information content (AvgIpc) is 3.54. The second-order valence-corrected chi connectivity index (χ2v) is 7.65. The number of pyridine rings is 1. The monoisotopic (exact) mass is 435 g/mol. The Kier molecular flexibility index (Phi) is 4.95. The number of benzene rings is 1. The van der Waals surface area contributed by atoms with Crippen LogP contribution in [0.5, 0.6) is 0 Å². The van der Waals surface area contributed by atoms with Gasteiger partial charge in [-0.1, -0.05) is 28.4 Å². The maximum atomic E-state index is 13.6. The summed E-state index contributed by atoms with van der Waals surface area (Å²) in [5.41, 5.74) is 2.71. The summed E-state index contributed by atoms with van der Waals surface area (Å²) in [5, 5.41) is 12.7. The number of aromatic nitrogens is 6. The third-order valence-corrected chi connectivity index (χ3v) is 5.56. The lowest BCUT2D eigenvalue weighted by atomic mass is 10.1. The molecule has 156 valence electrons. The number of likely N-dealkylation sites (tertiary alicyclic amines) is 1. The van der Waals surface area contributed by atoms with Gasteiger partial charge in [0.25, 0.3) is 5.91 Å². The van der Waals surface area contributed by atoms with Crippen LogP contribution in [0, 0.1) is 6.92 Å². The molecule has 1 aliphatic rings. The molecule has 1 atom stereocenters. The van der Waals surface area contributed by atoms with E-state index in [0.717, 1.165) is 18.4 Å². The first kappa shape index (κ1) is 19.4. The number of hydrogen-bond acceptors (Lipinski definition) is 7. The molecular weight excluding hydrogens is 418 g/mol. The summed E-state index contributed by atoms with van der Waals surface area (Å²) in [6.07, 6.45) is 6.32. The Morgan fingerprint density at radius 1 is 1.19 bits per heavy atom. The van der Waals surface area contributed by atoms with E-state index in [1.165, 1.54) is 4.80 Å². The predicted octanol–water partition coefficient (Wildman–Crippen LogP) is 3.65. The lowest BCUT2D eigenvalue weighted by Gasteiger charge is -2.23. The largest absolute Gasteiger partial charge is 0.337 e. The summed E-state index contributed by atoms with van der Waals surface area (Å²) >= 11 is 6.16. The Labute approximate surface area is 182 Å². The summed E-state index contributed by atoms with van der Waals surface area (Å²) in [6.45, 7) is 2.54. The number of hydrogen-bond donors (Lipinski definition) is 0. The van der Waals surface area contributed by atoms with Crippen LogP contribution in [-0.4, -0.2) is 47.5 Å². The lowest BCUT2D eigenvalue weighted by molar-refractivity contribution is 0.0709. The summed E-state index contributed by atoms with van der Waals surface area (Å²) in [5.74, 6) is 0.606. The zero-order chi connectivity index (χ0) is 21.4. The number of nitrogens with zero attached hydrogens (tertiary/aromatic N) is 7. The highest BCUT2D eigenvalue weighted by molar-refractivity contribution is 6.31. The van der Waals surface area contributed by atoms with Crippen molar-refractivity contribution in [1.29, 1.82) is 0 Å². The molecule has 4 aromatic rings. The predicted molar refractivity (Wildman–Crippen MR) is 112 cm³/mol. The van der Waals surface area contributed by atoms with Crippen molar-refractivity contribution in [3.63, 3.8) is 0 Å². The lowest BCUT2D eigenvalue weighted by Crippen LogP contribution is -2.31. The Bertz CT molecular complexity index is 1240. The quantitative estimate of drug-likeness (QED) is 0.450. The minimum Gasteiger partial charge on any atom is -0.337 e. The SMILES string of the molecule is Cc1ccc(-n2nccn2)c(C(=O)N2CCCC2c2nc(-c3cccnc3Cl)no2)c1. The number of aryl methyl sites for hydroxylation is 1. The first-order chi connectivity index (χ1) is 15.1. The van der Waals surface area contributed by atoms with Gasteiger partial charge >= 0.3 is 0 Å². The molecule has 5 rings (SSSR count). The molecule has 1 aliphatic heterocycles. The van der Waals surface area contributed by atoms with E-state index in [2.05, 4.69) is 25.3 Å². The molecule has 1 fully saturated rings. The Balaban J connectivity index is 1.48. The van der Waals surface area contributed by atoms with Crippen molar-refractivity contribution in [1.82, 2.24) is 35.0 Å². The van der Waals surface area contributed by atoms with Gasteiger partial charge in [0, 0.05) is 12.7 Å². The molecule has 0 radical (unpaired) electrons. The molecule has 0 bridgehead atoms. The molecule has 1 aromatic carbocycles. The van der Waals surface area contributed by atoms with Crippen molar-refractivity contribution in [3.8, 4) is 17.1 Å².